The monoisotopic (exact) mass is 418 g/mol. The molecule has 0 bridgehead atoms. The summed E-state index contributed by atoms with van der Waals surface area (Å²) >= 11 is 0. The van der Waals surface area contributed by atoms with E-state index in [2.05, 4.69) is 0 Å². The molecule has 1 aliphatic heterocycles. The van der Waals surface area contributed by atoms with Crippen LogP contribution in [-0.2, 0) is 29.6 Å². The fourth-order valence-corrected chi connectivity index (χ4v) is 3.43. The molecule has 0 saturated carbocycles. The van der Waals surface area contributed by atoms with E-state index < -0.39 is 78.7 Å². The molecule has 0 aliphatic carbocycles. The zero-order valence-corrected chi connectivity index (χ0v) is 14.7. The third kappa shape index (κ3) is 3.91. The van der Waals surface area contributed by atoms with Crippen LogP contribution in [0.5, 0.6) is 0 Å². The van der Waals surface area contributed by atoms with Gasteiger partial charge in [0.05, 0.1) is 19.4 Å². The molecule has 14 nitrogen and oxygen atoms in total. The van der Waals surface area contributed by atoms with Gasteiger partial charge in [-0.05, 0) is 0 Å². The van der Waals surface area contributed by atoms with Gasteiger partial charge in [-0.2, -0.15) is 0 Å². The van der Waals surface area contributed by atoms with Gasteiger partial charge in [-0.3, -0.25) is 23.9 Å². The van der Waals surface area contributed by atoms with E-state index >= 15 is 0 Å². The average Bonchev–Trinajstić information content (AvgIpc) is 2.81. The minimum absolute atomic E-state index is 0.492. The van der Waals surface area contributed by atoms with Gasteiger partial charge >= 0.3 is 23.6 Å². The van der Waals surface area contributed by atoms with Crippen LogP contribution in [0.3, 0.4) is 0 Å². The second-order valence-corrected chi connectivity index (χ2v) is 6.26. The van der Waals surface area contributed by atoms with Gasteiger partial charge in [0, 0.05) is 12.3 Å². The first kappa shape index (κ1) is 22.2. The fourth-order valence-electron chi connectivity index (χ4n) is 3.43. The number of aromatic amines is 1. The summed E-state index contributed by atoms with van der Waals surface area (Å²) in [7, 11) is 0. The molecule has 2 heterocycles. The SMILES string of the molecule is O=C(O)CO[C@]1(CC(=O)O)[C@H](O)[C@@H](CO)O[C@@]1(CC(=O)O)n1ccc(=O)[nH]c1=O. The van der Waals surface area contributed by atoms with Crippen LogP contribution in [-0.4, -0.2) is 84.0 Å². The third-order valence-corrected chi connectivity index (χ3v) is 4.49. The van der Waals surface area contributed by atoms with Crippen LogP contribution in [0.4, 0.5) is 0 Å². The zero-order valence-electron chi connectivity index (χ0n) is 14.7. The smallest absolute Gasteiger partial charge is 0.330 e. The zero-order chi connectivity index (χ0) is 22.0. The molecule has 0 amide bonds. The third-order valence-electron chi connectivity index (χ3n) is 4.49. The van der Waals surface area contributed by atoms with E-state index in [1.54, 1.807) is 0 Å². The van der Waals surface area contributed by atoms with Gasteiger partial charge in [0.15, 0.2) is 11.3 Å². The van der Waals surface area contributed by atoms with Crippen molar-refractivity contribution < 1.29 is 49.4 Å². The molecular formula is C15H18N2O12. The summed E-state index contributed by atoms with van der Waals surface area (Å²) in [5.74, 6) is -4.88. The number of aromatic nitrogens is 2. The summed E-state index contributed by atoms with van der Waals surface area (Å²) in [5.41, 5.74) is -7.37. The van der Waals surface area contributed by atoms with Crippen molar-refractivity contribution >= 4 is 17.9 Å². The van der Waals surface area contributed by atoms with Crippen LogP contribution in [0.2, 0.25) is 0 Å². The predicted octanol–water partition coefficient (Wildman–Crippen LogP) is -3.27. The van der Waals surface area contributed by atoms with Crippen molar-refractivity contribution in [1.82, 2.24) is 9.55 Å². The Balaban J connectivity index is 2.87. The summed E-state index contributed by atoms with van der Waals surface area (Å²) < 4.78 is 11.1. The molecule has 4 atom stereocenters. The highest BCUT2D eigenvalue weighted by molar-refractivity contribution is 5.72. The first-order chi connectivity index (χ1) is 13.5. The van der Waals surface area contributed by atoms with Gasteiger partial charge in [-0.15, -0.1) is 0 Å². The summed E-state index contributed by atoms with van der Waals surface area (Å²) in [6, 6.07) is 0.801. The van der Waals surface area contributed by atoms with Gasteiger partial charge in [0.2, 0.25) is 0 Å². The number of aliphatic hydroxyl groups excluding tert-OH is 2. The molecule has 1 fully saturated rings. The topological polar surface area (TPSA) is 226 Å². The maximum atomic E-state index is 12.4. The molecule has 14 heteroatoms. The Hall–Kier alpha value is -3.07. The maximum absolute atomic E-state index is 12.4. The normalized spacial score (nSPS) is 28.9. The van der Waals surface area contributed by atoms with E-state index in [1.807, 2.05) is 4.98 Å². The van der Waals surface area contributed by atoms with E-state index in [9.17, 15) is 44.4 Å². The lowest BCUT2D eigenvalue weighted by molar-refractivity contribution is -0.233. The number of H-pyrrole nitrogens is 1. The number of hydrogen-bond donors (Lipinski definition) is 6. The van der Waals surface area contributed by atoms with Crippen LogP contribution in [0.15, 0.2) is 21.9 Å². The van der Waals surface area contributed by atoms with Gasteiger partial charge in [-0.1, -0.05) is 0 Å². The number of aliphatic carboxylic acids is 3. The summed E-state index contributed by atoms with van der Waals surface area (Å²) in [4.78, 5) is 59.8. The second-order valence-electron chi connectivity index (χ2n) is 6.26. The lowest BCUT2D eigenvalue weighted by Crippen LogP contribution is -2.64. The predicted molar refractivity (Wildman–Crippen MR) is 88.1 cm³/mol. The highest BCUT2D eigenvalue weighted by atomic mass is 16.6. The molecule has 1 saturated heterocycles. The Morgan fingerprint density at radius 2 is 1.76 bits per heavy atom. The highest BCUT2D eigenvalue weighted by Crippen LogP contribution is 2.50. The quantitative estimate of drug-likeness (QED) is 0.232. The second kappa shape index (κ2) is 8.12. The summed E-state index contributed by atoms with van der Waals surface area (Å²) in [6.07, 6.45) is -5.28. The van der Waals surface area contributed by atoms with Gasteiger partial charge in [-0.25, -0.2) is 9.59 Å². The summed E-state index contributed by atoms with van der Waals surface area (Å²) in [6.45, 7) is -2.14. The number of carbonyl (C=O) groups is 3. The van der Waals surface area contributed by atoms with Crippen molar-refractivity contribution in [2.45, 2.75) is 36.4 Å². The van der Waals surface area contributed by atoms with Gasteiger partial charge < -0.3 is 35.0 Å². The lowest BCUT2D eigenvalue weighted by atomic mass is 9.80. The molecule has 0 unspecified atom stereocenters. The van der Waals surface area contributed by atoms with E-state index in [0.717, 1.165) is 12.3 Å². The lowest BCUT2D eigenvalue weighted by Gasteiger charge is -2.44. The molecule has 1 aromatic heterocycles. The molecule has 6 N–H and O–H groups in total. The number of nitrogens with zero attached hydrogens (tertiary/aromatic N) is 1. The molecule has 0 aromatic carbocycles. The van der Waals surface area contributed by atoms with E-state index in [4.69, 9.17) is 14.6 Å². The first-order valence-corrected chi connectivity index (χ1v) is 8.07. The van der Waals surface area contributed by atoms with E-state index in [-0.39, 0.29) is 0 Å². The molecule has 160 valence electrons. The Morgan fingerprint density at radius 1 is 1.14 bits per heavy atom. The Labute approximate surface area is 160 Å². The number of ether oxygens (including phenoxy) is 2. The Morgan fingerprint density at radius 3 is 2.24 bits per heavy atom. The molecule has 1 aromatic rings. The molecule has 0 radical (unpaired) electrons. The number of carboxylic acids is 3. The number of nitrogens with one attached hydrogen (secondary N) is 1. The van der Waals surface area contributed by atoms with Crippen LogP contribution < -0.4 is 11.2 Å². The number of aliphatic hydroxyl groups is 2. The molecule has 0 spiro atoms. The Bertz CT molecular complexity index is 922. The van der Waals surface area contributed by atoms with Gasteiger partial charge in [0.25, 0.3) is 5.56 Å². The Kier molecular flexibility index (Phi) is 6.22. The standard InChI is InChI=1S/C15H18N2O12/c18-5-7-12(26)14(3-9(20)21,28-6-11(24)25)15(29-7,4-10(22)23)17-2-1-8(19)16-13(17)27/h1-2,7,12,18,26H,3-6H2,(H,20,21)(H,22,23)(H,24,25)(H,16,19,27)/t7-,12-,14-,15-/m1/s1. The van der Waals surface area contributed by atoms with Crippen LogP contribution in [0, 0.1) is 0 Å². The maximum Gasteiger partial charge on any atom is 0.330 e. The van der Waals surface area contributed by atoms with Gasteiger partial charge in [0.1, 0.15) is 18.8 Å². The van der Waals surface area contributed by atoms with E-state index in [0.29, 0.717) is 4.57 Å². The largest absolute Gasteiger partial charge is 0.481 e. The summed E-state index contributed by atoms with van der Waals surface area (Å²) in [5, 5.41) is 47.9. The van der Waals surface area contributed by atoms with Crippen LogP contribution in [0.1, 0.15) is 12.8 Å². The van der Waals surface area contributed by atoms with Crippen molar-refractivity contribution in [3.05, 3.63) is 33.1 Å². The molecule has 2 rings (SSSR count). The van der Waals surface area contributed by atoms with Crippen molar-refractivity contribution in [3.63, 3.8) is 0 Å². The average molecular weight is 418 g/mol. The minimum Gasteiger partial charge on any atom is -0.481 e. The number of hydrogen-bond acceptors (Lipinski definition) is 9. The van der Waals surface area contributed by atoms with Crippen molar-refractivity contribution in [2.75, 3.05) is 13.2 Å². The van der Waals surface area contributed by atoms with E-state index in [1.165, 1.54) is 0 Å². The minimum atomic E-state index is -2.63. The molecular weight excluding hydrogens is 400 g/mol. The molecule has 1 aliphatic rings. The highest BCUT2D eigenvalue weighted by Gasteiger charge is 2.69. The number of rotatable bonds is 9. The fraction of sp³-hybridized carbons (Fsp3) is 0.533. The molecule has 29 heavy (non-hydrogen) atoms. The van der Waals surface area contributed by atoms with Crippen LogP contribution in [0.25, 0.3) is 0 Å². The van der Waals surface area contributed by atoms with Crippen molar-refractivity contribution in [3.8, 4) is 0 Å². The number of carboxylic acid groups (broad SMARTS) is 3. The van der Waals surface area contributed by atoms with Crippen molar-refractivity contribution in [1.29, 1.82) is 0 Å². The van der Waals surface area contributed by atoms with Crippen molar-refractivity contribution in [2.24, 2.45) is 0 Å². The first-order valence-electron chi connectivity index (χ1n) is 8.07. The van der Waals surface area contributed by atoms with Crippen LogP contribution >= 0.6 is 0 Å².